The first kappa shape index (κ1) is 22.4. The Kier molecular flexibility index (Phi) is 5.88. The minimum atomic E-state index is -1.13. The molecule has 3 aromatic carbocycles. The molecule has 0 aromatic heterocycles. The van der Waals surface area contributed by atoms with Crippen LogP contribution in [0.5, 0.6) is 0 Å². The predicted octanol–water partition coefficient (Wildman–Crippen LogP) is 5.67. The minimum absolute atomic E-state index is 0.0924. The van der Waals surface area contributed by atoms with Crippen molar-refractivity contribution in [2.45, 2.75) is 6.04 Å². The van der Waals surface area contributed by atoms with E-state index in [0.29, 0.717) is 5.56 Å². The van der Waals surface area contributed by atoms with Crippen molar-refractivity contribution < 1.29 is 24.0 Å². The Morgan fingerprint density at radius 2 is 1.55 bits per heavy atom. The SMILES string of the molecule is O=C1C(=O)N(c2cc(Cl)cc(Cl)c2)C(c2ccc(F)cc2)/C1=C(\O)c1ccc([N+](=O)[O-])cc1. The van der Waals surface area contributed by atoms with Gasteiger partial charge in [-0.15, -0.1) is 0 Å². The molecule has 1 saturated heterocycles. The first-order valence-electron chi connectivity index (χ1n) is 9.45. The number of non-ortho nitro benzene ring substituents is 1. The van der Waals surface area contributed by atoms with Gasteiger partial charge in [0.1, 0.15) is 11.6 Å². The Bertz CT molecular complexity index is 1300. The quantitative estimate of drug-likeness (QED) is 0.168. The number of rotatable bonds is 4. The smallest absolute Gasteiger partial charge is 0.300 e. The van der Waals surface area contributed by atoms with Crippen molar-refractivity contribution in [1.82, 2.24) is 0 Å². The van der Waals surface area contributed by atoms with Gasteiger partial charge in [0.25, 0.3) is 17.4 Å². The lowest BCUT2D eigenvalue weighted by Gasteiger charge is -2.25. The fourth-order valence-corrected chi connectivity index (χ4v) is 4.15. The lowest BCUT2D eigenvalue weighted by atomic mass is 9.95. The molecule has 33 heavy (non-hydrogen) atoms. The van der Waals surface area contributed by atoms with Gasteiger partial charge in [0.2, 0.25) is 0 Å². The number of hydrogen-bond donors (Lipinski definition) is 1. The van der Waals surface area contributed by atoms with Crippen molar-refractivity contribution in [2.75, 3.05) is 4.90 Å². The summed E-state index contributed by atoms with van der Waals surface area (Å²) < 4.78 is 13.6. The maximum absolute atomic E-state index is 13.6. The molecule has 1 amide bonds. The second-order valence-corrected chi connectivity index (χ2v) is 8.03. The van der Waals surface area contributed by atoms with Crippen molar-refractivity contribution in [3.8, 4) is 0 Å². The highest BCUT2D eigenvalue weighted by Gasteiger charge is 2.47. The molecule has 4 rings (SSSR count). The van der Waals surface area contributed by atoms with E-state index in [1.165, 1.54) is 42.5 Å². The third-order valence-corrected chi connectivity index (χ3v) is 5.54. The highest BCUT2D eigenvalue weighted by Crippen LogP contribution is 2.43. The summed E-state index contributed by atoms with van der Waals surface area (Å²) in [4.78, 5) is 37.5. The number of aliphatic hydroxyl groups is 1. The van der Waals surface area contributed by atoms with Crippen LogP contribution < -0.4 is 4.90 Å². The van der Waals surface area contributed by atoms with Crippen LogP contribution in [-0.4, -0.2) is 21.7 Å². The summed E-state index contributed by atoms with van der Waals surface area (Å²) >= 11 is 12.2. The highest BCUT2D eigenvalue weighted by atomic mass is 35.5. The van der Waals surface area contributed by atoms with Gasteiger partial charge in [-0.2, -0.15) is 0 Å². The van der Waals surface area contributed by atoms with Crippen molar-refractivity contribution >= 4 is 52.0 Å². The third-order valence-electron chi connectivity index (χ3n) is 5.11. The molecule has 1 fully saturated rings. The maximum atomic E-state index is 13.6. The largest absolute Gasteiger partial charge is 0.507 e. The van der Waals surface area contributed by atoms with E-state index in [1.807, 2.05) is 0 Å². The number of amides is 1. The van der Waals surface area contributed by atoms with Gasteiger partial charge in [0, 0.05) is 33.4 Å². The number of hydrogen-bond acceptors (Lipinski definition) is 5. The number of nitro groups is 1. The zero-order valence-corrected chi connectivity index (χ0v) is 18.0. The van der Waals surface area contributed by atoms with Crippen LogP contribution in [0.1, 0.15) is 17.2 Å². The van der Waals surface area contributed by atoms with Crippen LogP contribution in [0.4, 0.5) is 15.8 Å². The average Bonchev–Trinajstić information content (AvgIpc) is 3.04. The van der Waals surface area contributed by atoms with Crippen LogP contribution in [0.25, 0.3) is 5.76 Å². The van der Waals surface area contributed by atoms with E-state index in [-0.39, 0.29) is 32.6 Å². The normalized spacial score (nSPS) is 17.4. The number of halogens is 3. The van der Waals surface area contributed by atoms with Gasteiger partial charge in [-0.05, 0) is 48.0 Å². The van der Waals surface area contributed by atoms with E-state index < -0.39 is 34.2 Å². The van der Waals surface area contributed by atoms with Gasteiger partial charge in [0.15, 0.2) is 0 Å². The summed E-state index contributed by atoms with van der Waals surface area (Å²) in [5.74, 6) is -3.01. The number of carbonyl (C=O) groups is 2. The van der Waals surface area contributed by atoms with Gasteiger partial charge >= 0.3 is 0 Å². The third kappa shape index (κ3) is 4.18. The molecule has 3 aromatic rings. The van der Waals surface area contributed by atoms with Crippen LogP contribution >= 0.6 is 23.2 Å². The number of nitrogens with zero attached hydrogens (tertiary/aromatic N) is 2. The van der Waals surface area contributed by atoms with E-state index in [1.54, 1.807) is 0 Å². The molecule has 0 radical (unpaired) electrons. The Hall–Kier alpha value is -3.75. The standard InChI is InChI=1S/C23H13Cl2FN2O5/c24-14-9-15(25)11-18(10-14)27-20(12-1-5-16(26)6-2-12)19(22(30)23(27)31)21(29)13-3-7-17(8-4-13)28(32)33/h1-11,20,29H/b21-19+. The van der Waals surface area contributed by atoms with Crippen LogP contribution in [0.2, 0.25) is 10.0 Å². The van der Waals surface area contributed by atoms with Gasteiger partial charge in [0.05, 0.1) is 16.5 Å². The second kappa shape index (κ2) is 8.65. The fourth-order valence-electron chi connectivity index (χ4n) is 3.63. The van der Waals surface area contributed by atoms with E-state index in [4.69, 9.17) is 23.2 Å². The molecule has 10 heteroatoms. The molecule has 0 bridgehead atoms. The average molecular weight is 487 g/mol. The fraction of sp³-hybridized carbons (Fsp3) is 0.0435. The first-order chi connectivity index (χ1) is 15.7. The molecule has 1 unspecified atom stereocenters. The Balaban J connectivity index is 1.93. The molecule has 7 nitrogen and oxygen atoms in total. The zero-order valence-electron chi connectivity index (χ0n) is 16.5. The summed E-state index contributed by atoms with van der Waals surface area (Å²) in [5, 5.41) is 22.3. The molecule has 0 spiro atoms. The van der Waals surface area contributed by atoms with Crippen LogP contribution in [-0.2, 0) is 9.59 Å². The van der Waals surface area contributed by atoms with Crippen molar-refractivity contribution in [1.29, 1.82) is 0 Å². The molecular formula is C23H13Cl2FN2O5. The van der Waals surface area contributed by atoms with Gasteiger partial charge in [-0.1, -0.05) is 35.3 Å². The van der Waals surface area contributed by atoms with Crippen LogP contribution in [0.3, 0.4) is 0 Å². The molecule has 1 aliphatic rings. The Morgan fingerprint density at radius 1 is 0.970 bits per heavy atom. The molecule has 166 valence electrons. The minimum Gasteiger partial charge on any atom is -0.507 e. The molecule has 1 heterocycles. The number of ketones is 1. The number of aliphatic hydroxyl groups excluding tert-OH is 1. The van der Waals surface area contributed by atoms with E-state index in [2.05, 4.69) is 0 Å². The molecule has 1 aliphatic heterocycles. The van der Waals surface area contributed by atoms with Crippen molar-refractivity contribution in [3.05, 3.63) is 109 Å². The molecule has 0 saturated carbocycles. The summed E-state index contributed by atoms with van der Waals surface area (Å²) in [7, 11) is 0. The Labute approximate surface area is 196 Å². The maximum Gasteiger partial charge on any atom is 0.300 e. The number of benzene rings is 3. The first-order valence-corrected chi connectivity index (χ1v) is 10.2. The lowest BCUT2D eigenvalue weighted by molar-refractivity contribution is -0.384. The number of carbonyl (C=O) groups excluding carboxylic acids is 2. The lowest BCUT2D eigenvalue weighted by Crippen LogP contribution is -2.29. The van der Waals surface area contributed by atoms with E-state index >= 15 is 0 Å². The van der Waals surface area contributed by atoms with Crippen LogP contribution in [0, 0.1) is 15.9 Å². The summed E-state index contributed by atoms with van der Waals surface area (Å²) in [6, 6.07) is 13.1. The van der Waals surface area contributed by atoms with Crippen LogP contribution in [0.15, 0.2) is 72.3 Å². The van der Waals surface area contributed by atoms with E-state index in [9.17, 15) is 29.2 Å². The van der Waals surface area contributed by atoms with Gasteiger partial charge in [-0.3, -0.25) is 24.6 Å². The van der Waals surface area contributed by atoms with Crippen molar-refractivity contribution in [3.63, 3.8) is 0 Å². The van der Waals surface area contributed by atoms with Gasteiger partial charge < -0.3 is 5.11 Å². The zero-order chi connectivity index (χ0) is 23.9. The molecule has 1 atom stereocenters. The van der Waals surface area contributed by atoms with E-state index in [0.717, 1.165) is 29.2 Å². The monoisotopic (exact) mass is 486 g/mol. The van der Waals surface area contributed by atoms with Gasteiger partial charge in [-0.25, -0.2) is 4.39 Å². The molecular weight excluding hydrogens is 474 g/mol. The topological polar surface area (TPSA) is 101 Å². The summed E-state index contributed by atoms with van der Waals surface area (Å²) in [6.07, 6.45) is 0. The highest BCUT2D eigenvalue weighted by molar-refractivity contribution is 6.52. The number of Topliss-reactive ketones (excluding diaryl/α,β-unsaturated/α-hetero) is 1. The summed E-state index contributed by atoms with van der Waals surface area (Å²) in [5.41, 5.74) is 0.156. The number of anilines is 1. The molecule has 1 N–H and O–H groups in total. The second-order valence-electron chi connectivity index (χ2n) is 7.15. The predicted molar refractivity (Wildman–Crippen MR) is 121 cm³/mol. The molecule has 0 aliphatic carbocycles. The Morgan fingerprint density at radius 3 is 2.09 bits per heavy atom. The van der Waals surface area contributed by atoms with Crippen molar-refractivity contribution in [2.24, 2.45) is 0 Å². The summed E-state index contributed by atoms with van der Waals surface area (Å²) in [6.45, 7) is 0. The number of nitro benzene ring substituents is 1.